The summed E-state index contributed by atoms with van der Waals surface area (Å²) in [5.74, 6) is -2.07. The van der Waals surface area contributed by atoms with Crippen molar-refractivity contribution >= 4 is 17.9 Å². The van der Waals surface area contributed by atoms with Gasteiger partial charge in [0.1, 0.15) is 0 Å². The standard InChI is InChI=1S/C6H10O4.CH5N3/c7-5(8)3-1-2-4-6(9)10;2-1(3)4/h1-4H2,(H,7,8)(H,9,10);(H5,2,3,4). The van der Waals surface area contributed by atoms with Crippen molar-refractivity contribution in [3.05, 3.63) is 0 Å². The Morgan fingerprint density at radius 3 is 1.36 bits per heavy atom. The van der Waals surface area contributed by atoms with Crippen molar-refractivity contribution in [2.24, 2.45) is 11.5 Å². The highest BCUT2D eigenvalue weighted by atomic mass is 16.4. The van der Waals surface area contributed by atoms with Gasteiger partial charge in [0.05, 0.1) is 0 Å². The normalized spacial score (nSPS) is 8.29. The number of carboxylic acid groups (broad SMARTS) is 2. The fourth-order valence-electron chi connectivity index (χ4n) is 0.552. The number of unbranched alkanes of at least 4 members (excludes halogenated alkanes) is 1. The summed E-state index contributed by atoms with van der Waals surface area (Å²) < 4.78 is 0. The fourth-order valence-corrected chi connectivity index (χ4v) is 0.552. The average Bonchev–Trinajstić information content (AvgIpc) is 1.96. The molecule has 14 heavy (non-hydrogen) atoms. The zero-order valence-corrected chi connectivity index (χ0v) is 7.69. The minimum atomic E-state index is -0.870. The van der Waals surface area contributed by atoms with E-state index < -0.39 is 11.9 Å². The summed E-state index contributed by atoms with van der Waals surface area (Å²) >= 11 is 0. The van der Waals surface area contributed by atoms with E-state index in [1.807, 2.05) is 0 Å². The Balaban J connectivity index is 0. The molecule has 0 heterocycles. The minimum Gasteiger partial charge on any atom is -0.481 e. The molecule has 7 nitrogen and oxygen atoms in total. The van der Waals surface area contributed by atoms with Gasteiger partial charge in [0.25, 0.3) is 0 Å². The second-order valence-corrected chi connectivity index (χ2v) is 2.45. The molecule has 0 bridgehead atoms. The van der Waals surface area contributed by atoms with Crippen LogP contribution in [0.4, 0.5) is 0 Å². The molecule has 7 heteroatoms. The van der Waals surface area contributed by atoms with Gasteiger partial charge in [-0.25, -0.2) is 0 Å². The summed E-state index contributed by atoms with van der Waals surface area (Å²) in [5, 5.41) is 22.3. The third kappa shape index (κ3) is 31.9. The number of hydrogen-bond acceptors (Lipinski definition) is 3. The molecule has 0 radical (unpaired) electrons. The number of rotatable bonds is 5. The van der Waals surface area contributed by atoms with Crippen LogP contribution in [0.3, 0.4) is 0 Å². The largest absolute Gasteiger partial charge is 0.481 e. The van der Waals surface area contributed by atoms with Gasteiger partial charge in [0, 0.05) is 12.8 Å². The molecule has 0 aromatic carbocycles. The van der Waals surface area contributed by atoms with E-state index in [2.05, 4.69) is 11.5 Å². The summed E-state index contributed by atoms with van der Waals surface area (Å²) in [7, 11) is 0. The van der Waals surface area contributed by atoms with E-state index in [0.29, 0.717) is 12.8 Å². The number of carbonyl (C=O) groups is 2. The molecule has 82 valence electrons. The molecule has 0 atom stereocenters. The number of aliphatic carboxylic acids is 2. The summed E-state index contributed by atoms with van der Waals surface area (Å²) in [6.45, 7) is 0. The molecule has 0 aromatic heterocycles. The summed E-state index contributed by atoms with van der Waals surface area (Å²) in [5.41, 5.74) is 8.94. The molecule has 0 aromatic rings. The maximum Gasteiger partial charge on any atom is 0.303 e. The van der Waals surface area contributed by atoms with Crippen molar-refractivity contribution in [1.29, 1.82) is 5.41 Å². The van der Waals surface area contributed by atoms with Crippen molar-refractivity contribution in [2.75, 3.05) is 0 Å². The van der Waals surface area contributed by atoms with Crippen LogP contribution in [0.5, 0.6) is 0 Å². The van der Waals surface area contributed by atoms with E-state index in [-0.39, 0.29) is 18.8 Å². The SMILES string of the molecule is N=C(N)N.O=C(O)CCCCC(=O)O. The Morgan fingerprint density at radius 2 is 1.21 bits per heavy atom. The molecule has 0 aliphatic heterocycles. The van der Waals surface area contributed by atoms with Gasteiger partial charge in [0.2, 0.25) is 0 Å². The predicted molar refractivity (Wildman–Crippen MR) is 49.8 cm³/mol. The van der Waals surface area contributed by atoms with Crippen LogP contribution in [0.1, 0.15) is 25.7 Å². The van der Waals surface area contributed by atoms with E-state index >= 15 is 0 Å². The lowest BCUT2D eigenvalue weighted by molar-refractivity contribution is -0.139. The third-order valence-corrected chi connectivity index (χ3v) is 1.03. The number of nitrogens with one attached hydrogen (secondary N) is 1. The summed E-state index contributed by atoms with van der Waals surface area (Å²) in [6.07, 6.45) is 1.02. The Hall–Kier alpha value is -1.79. The number of nitrogens with two attached hydrogens (primary N) is 2. The average molecular weight is 205 g/mol. The molecule has 0 saturated carbocycles. The van der Waals surface area contributed by atoms with Crippen LogP contribution in [0.25, 0.3) is 0 Å². The highest BCUT2D eigenvalue weighted by Gasteiger charge is 1.99. The molecular weight excluding hydrogens is 190 g/mol. The van der Waals surface area contributed by atoms with Gasteiger partial charge in [-0.05, 0) is 12.8 Å². The molecule has 0 saturated heterocycles. The molecule has 0 rings (SSSR count). The molecule has 0 fully saturated rings. The van der Waals surface area contributed by atoms with Gasteiger partial charge in [-0.15, -0.1) is 0 Å². The van der Waals surface area contributed by atoms with E-state index in [1.165, 1.54) is 0 Å². The first-order valence-corrected chi connectivity index (χ1v) is 3.89. The summed E-state index contributed by atoms with van der Waals surface area (Å²) in [4.78, 5) is 19.8. The number of carboxylic acids is 2. The maximum absolute atomic E-state index is 9.90. The van der Waals surface area contributed by atoms with Crippen LogP contribution in [-0.4, -0.2) is 28.1 Å². The Labute approximate surface area is 81.2 Å². The molecular formula is C7H15N3O4. The van der Waals surface area contributed by atoms with E-state index in [4.69, 9.17) is 15.6 Å². The van der Waals surface area contributed by atoms with Gasteiger partial charge in [-0.3, -0.25) is 15.0 Å². The second kappa shape index (κ2) is 9.30. The third-order valence-electron chi connectivity index (χ3n) is 1.03. The molecule has 0 aliphatic rings. The molecule has 7 N–H and O–H groups in total. The highest BCUT2D eigenvalue weighted by Crippen LogP contribution is 1.98. The van der Waals surface area contributed by atoms with Crippen LogP contribution in [0, 0.1) is 5.41 Å². The van der Waals surface area contributed by atoms with Crippen LogP contribution >= 0.6 is 0 Å². The van der Waals surface area contributed by atoms with E-state index in [1.54, 1.807) is 0 Å². The first-order valence-electron chi connectivity index (χ1n) is 3.89. The van der Waals surface area contributed by atoms with Gasteiger partial charge in [0.15, 0.2) is 5.96 Å². The number of guanidine groups is 1. The number of hydrogen-bond donors (Lipinski definition) is 5. The molecule has 0 aliphatic carbocycles. The lowest BCUT2D eigenvalue weighted by atomic mass is 10.2. The smallest absolute Gasteiger partial charge is 0.303 e. The first-order chi connectivity index (χ1) is 6.36. The Morgan fingerprint density at radius 1 is 1.00 bits per heavy atom. The first kappa shape index (κ1) is 14.7. The molecule has 0 spiro atoms. The Kier molecular flexibility index (Phi) is 9.78. The zero-order valence-electron chi connectivity index (χ0n) is 7.69. The van der Waals surface area contributed by atoms with E-state index in [9.17, 15) is 9.59 Å². The fraction of sp³-hybridized carbons (Fsp3) is 0.571. The summed E-state index contributed by atoms with van der Waals surface area (Å²) in [6, 6.07) is 0. The van der Waals surface area contributed by atoms with Gasteiger partial charge in [-0.2, -0.15) is 0 Å². The molecule has 0 amide bonds. The molecule has 0 unspecified atom stereocenters. The van der Waals surface area contributed by atoms with Crippen LogP contribution in [-0.2, 0) is 9.59 Å². The van der Waals surface area contributed by atoms with Crippen molar-refractivity contribution in [3.8, 4) is 0 Å². The second-order valence-electron chi connectivity index (χ2n) is 2.45. The van der Waals surface area contributed by atoms with Crippen LogP contribution in [0.15, 0.2) is 0 Å². The Bertz CT molecular complexity index is 185. The van der Waals surface area contributed by atoms with Gasteiger partial charge >= 0.3 is 11.9 Å². The topological polar surface area (TPSA) is 150 Å². The maximum atomic E-state index is 9.90. The lowest BCUT2D eigenvalue weighted by Gasteiger charge is -1.92. The van der Waals surface area contributed by atoms with Gasteiger partial charge in [-0.1, -0.05) is 0 Å². The van der Waals surface area contributed by atoms with Crippen molar-refractivity contribution in [1.82, 2.24) is 0 Å². The highest BCUT2D eigenvalue weighted by molar-refractivity contribution is 5.71. The predicted octanol–water partition coefficient (Wildman–Crippen LogP) is -0.445. The van der Waals surface area contributed by atoms with Crippen molar-refractivity contribution in [2.45, 2.75) is 25.7 Å². The van der Waals surface area contributed by atoms with Crippen LogP contribution < -0.4 is 11.5 Å². The van der Waals surface area contributed by atoms with Gasteiger partial charge < -0.3 is 21.7 Å². The monoisotopic (exact) mass is 205 g/mol. The van der Waals surface area contributed by atoms with Crippen LogP contribution in [0.2, 0.25) is 0 Å². The van der Waals surface area contributed by atoms with E-state index in [0.717, 1.165) is 0 Å². The lowest BCUT2D eigenvalue weighted by Crippen LogP contribution is -2.20. The zero-order chi connectivity index (χ0) is 11.6. The minimum absolute atomic E-state index is 0.0628. The van der Waals surface area contributed by atoms with Crippen molar-refractivity contribution in [3.63, 3.8) is 0 Å². The quantitative estimate of drug-likeness (QED) is 0.233. The van der Waals surface area contributed by atoms with Crippen molar-refractivity contribution < 1.29 is 19.8 Å².